The van der Waals surface area contributed by atoms with Gasteiger partial charge in [0.2, 0.25) is 0 Å². The number of benzene rings is 2. The summed E-state index contributed by atoms with van der Waals surface area (Å²) in [5.74, 6) is -0.542. The van der Waals surface area contributed by atoms with E-state index >= 15 is 0 Å². The van der Waals surface area contributed by atoms with Crippen molar-refractivity contribution in [3.63, 3.8) is 0 Å². The number of carbonyl (C=O) groups is 2. The number of halogens is 6. The van der Waals surface area contributed by atoms with E-state index in [4.69, 9.17) is 0 Å². The van der Waals surface area contributed by atoms with Crippen molar-refractivity contribution in [1.29, 1.82) is 0 Å². The summed E-state index contributed by atoms with van der Waals surface area (Å²) in [6.45, 7) is -0.232. The fraction of sp³-hybridized carbons (Fsp3) is 0.143. The number of hydrogen-bond acceptors (Lipinski definition) is 3. The Kier molecular flexibility index (Phi) is 5.32. The molecule has 2 amide bonds. The second-order valence-electron chi connectivity index (χ2n) is 6.99. The minimum atomic E-state index is -4.93. The van der Waals surface area contributed by atoms with Gasteiger partial charge in [-0.1, -0.05) is 12.1 Å². The zero-order valence-electron chi connectivity index (χ0n) is 15.8. The van der Waals surface area contributed by atoms with E-state index in [1.165, 1.54) is 16.8 Å². The number of thioether (sulfide) groups is 1. The molecule has 0 aliphatic carbocycles. The van der Waals surface area contributed by atoms with Gasteiger partial charge >= 0.3 is 12.4 Å². The number of nitrogens with zero attached hydrogens (tertiary/aromatic N) is 1. The lowest BCUT2D eigenvalue weighted by molar-refractivity contribution is -0.143. The molecule has 0 atom stereocenters. The number of amides is 2. The van der Waals surface area contributed by atoms with Crippen molar-refractivity contribution in [1.82, 2.24) is 9.88 Å². The number of nitrogens with one attached hydrogen (secondary N) is 1. The lowest BCUT2D eigenvalue weighted by atomic mass is 10.0. The summed E-state index contributed by atoms with van der Waals surface area (Å²) in [6.07, 6.45) is -6.81. The third-order valence-corrected chi connectivity index (χ3v) is 5.59. The standard InChI is InChI=1S/C21H12F6N2O2S/c22-20(23,24)13-6-11(7-14(9-13)21(25,26)27)10-29-5-4-15-12(2-1-3-16(15)29)8-17-18(30)28-19(31)32-17/h1-9H,10H2,(H,28,30,31). The first-order valence-electron chi connectivity index (χ1n) is 9.03. The second-order valence-corrected chi connectivity index (χ2v) is 8.00. The van der Waals surface area contributed by atoms with Crippen LogP contribution in [0.5, 0.6) is 0 Å². The van der Waals surface area contributed by atoms with Crippen LogP contribution in [0, 0.1) is 0 Å². The Morgan fingerprint density at radius 1 is 0.938 bits per heavy atom. The Hall–Kier alpha value is -3.21. The predicted molar refractivity (Wildman–Crippen MR) is 107 cm³/mol. The van der Waals surface area contributed by atoms with Gasteiger partial charge in [-0.15, -0.1) is 0 Å². The molecule has 1 aliphatic heterocycles. The van der Waals surface area contributed by atoms with Crippen molar-refractivity contribution >= 4 is 39.9 Å². The molecule has 1 fully saturated rings. The van der Waals surface area contributed by atoms with Crippen molar-refractivity contribution in [3.8, 4) is 0 Å². The Morgan fingerprint density at radius 2 is 1.59 bits per heavy atom. The first kappa shape index (κ1) is 22.0. The average molecular weight is 470 g/mol. The van der Waals surface area contributed by atoms with Crippen LogP contribution in [0.25, 0.3) is 17.0 Å². The summed E-state index contributed by atoms with van der Waals surface area (Å²) >= 11 is 0.736. The van der Waals surface area contributed by atoms with E-state index < -0.39 is 34.6 Å². The lowest BCUT2D eigenvalue weighted by Gasteiger charge is -2.15. The quantitative estimate of drug-likeness (QED) is 0.375. The van der Waals surface area contributed by atoms with E-state index in [0.29, 0.717) is 28.6 Å². The number of fused-ring (bicyclic) bond motifs is 1. The van der Waals surface area contributed by atoms with Gasteiger partial charge in [-0.3, -0.25) is 14.9 Å². The maximum absolute atomic E-state index is 13.1. The van der Waals surface area contributed by atoms with Crippen LogP contribution < -0.4 is 5.32 Å². The molecule has 2 aromatic carbocycles. The van der Waals surface area contributed by atoms with Crippen LogP contribution in [-0.2, 0) is 23.7 Å². The molecular formula is C21H12F6N2O2S. The van der Waals surface area contributed by atoms with Crippen molar-refractivity contribution in [2.24, 2.45) is 0 Å². The summed E-state index contributed by atoms with van der Waals surface area (Å²) in [7, 11) is 0. The molecule has 11 heteroatoms. The third kappa shape index (κ3) is 4.38. The minimum absolute atomic E-state index is 0.0904. The fourth-order valence-corrected chi connectivity index (χ4v) is 4.05. The fourth-order valence-electron chi connectivity index (χ4n) is 3.38. The van der Waals surface area contributed by atoms with Gasteiger partial charge in [-0.2, -0.15) is 26.3 Å². The zero-order chi connectivity index (χ0) is 23.3. The highest BCUT2D eigenvalue weighted by molar-refractivity contribution is 8.18. The molecule has 1 aliphatic rings. The molecule has 1 N–H and O–H groups in total. The van der Waals surface area contributed by atoms with Gasteiger partial charge < -0.3 is 4.57 Å². The van der Waals surface area contributed by atoms with Crippen LogP contribution in [0.2, 0.25) is 0 Å². The summed E-state index contributed by atoms with van der Waals surface area (Å²) in [4.78, 5) is 23.3. The molecule has 0 unspecified atom stereocenters. The second kappa shape index (κ2) is 7.73. The molecule has 0 spiro atoms. The highest BCUT2D eigenvalue weighted by Gasteiger charge is 2.37. The molecule has 32 heavy (non-hydrogen) atoms. The van der Waals surface area contributed by atoms with Crippen LogP contribution in [-0.4, -0.2) is 15.7 Å². The molecule has 0 saturated carbocycles. The maximum atomic E-state index is 13.1. The lowest BCUT2D eigenvalue weighted by Crippen LogP contribution is -2.17. The van der Waals surface area contributed by atoms with E-state index in [-0.39, 0.29) is 23.1 Å². The molecule has 4 nitrogen and oxygen atoms in total. The predicted octanol–water partition coefficient (Wildman–Crippen LogP) is 6.05. The first-order chi connectivity index (χ1) is 14.9. The van der Waals surface area contributed by atoms with Crippen LogP contribution in [0.1, 0.15) is 22.3 Å². The van der Waals surface area contributed by atoms with Crippen LogP contribution in [0.15, 0.2) is 53.6 Å². The molecule has 0 bridgehead atoms. The van der Waals surface area contributed by atoms with Gasteiger partial charge in [0.05, 0.1) is 16.0 Å². The highest BCUT2D eigenvalue weighted by atomic mass is 32.2. The number of hydrogen-bond donors (Lipinski definition) is 1. The summed E-state index contributed by atoms with van der Waals surface area (Å²) < 4.78 is 80.3. The first-order valence-corrected chi connectivity index (χ1v) is 9.84. The maximum Gasteiger partial charge on any atom is 0.416 e. The normalized spacial score (nSPS) is 16.2. The van der Waals surface area contributed by atoms with E-state index in [1.54, 1.807) is 24.3 Å². The van der Waals surface area contributed by atoms with Gasteiger partial charge in [-0.25, -0.2) is 0 Å². The largest absolute Gasteiger partial charge is 0.416 e. The molecular weight excluding hydrogens is 458 g/mol. The van der Waals surface area contributed by atoms with Crippen LogP contribution in [0.3, 0.4) is 0 Å². The highest BCUT2D eigenvalue weighted by Crippen LogP contribution is 2.37. The summed E-state index contributed by atoms with van der Waals surface area (Å²) in [6, 6.07) is 8.09. The topological polar surface area (TPSA) is 51.1 Å². The number of aromatic nitrogens is 1. The van der Waals surface area contributed by atoms with Gasteiger partial charge in [0.15, 0.2) is 0 Å². The number of imide groups is 1. The Bertz CT molecular complexity index is 1240. The van der Waals surface area contributed by atoms with Crippen LogP contribution >= 0.6 is 11.8 Å². The minimum Gasteiger partial charge on any atom is -0.343 e. The van der Waals surface area contributed by atoms with Crippen molar-refractivity contribution in [2.45, 2.75) is 18.9 Å². The van der Waals surface area contributed by atoms with E-state index in [0.717, 1.165) is 11.8 Å². The van der Waals surface area contributed by atoms with Gasteiger partial charge in [-0.05, 0) is 59.3 Å². The number of carbonyl (C=O) groups excluding carboxylic acids is 2. The SMILES string of the molecule is O=C1NC(=O)C(=Cc2cccc3c2ccn3Cc2cc(C(F)(F)F)cc(C(F)(F)F)c2)S1. The molecule has 0 radical (unpaired) electrons. The molecule has 1 aromatic heterocycles. The van der Waals surface area contributed by atoms with E-state index in [1.807, 2.05) is 0 Å². The van der Waals surface area contributed by atoms with Crippen molar-refractivity contribution in [3.05, 3.63) is 75.8 Å². The third-order valence-electron chi connectivity index (χ3n) is 4.78. The monoisotopic (exact) mass is 470 g/mol. The van der Waals surface area contributed by atoms with Crippen molar-refractivity contribution < 1.29 is 35.9 Å². The van der Waals surface area contributed by atoms with Crippen LogP contribution in [0.4, 0.5) is 31.1 Å². The molecule has 166 valence electrons. The Labute approximate surface area is 180 Å². The average Bonchev–Trinajstić information content (AvgIpc) is 3.23. The van der Waals surface area contributed by atoms with E-state index in [9.17, 15) is 35.9 Å². The summed E-state index contributed by atoms with van der Waals surface area (Å²) in [5.41, 5.74) is -1.80. The smallest absolute Gasteiger partial charge is 0.343 e. The Morgan fingerprint density at radius 3 is 2.16 bits per heavy atom. The van der Waals surface area contributed by atoms with Crippen molar-refractivity contribution in [2.75, 3.05) is 0 Å². The number of rotatable bonds is 3. The van der Waals surface area contributed by atoms with E-state index in [2.05, 4.69) is 5.32 Å². The summed E-state index contributed by atoms with van der Waals surface area (Å²) in [5, 5.41) is 2.25. The number of alkyl halides is 6. The Balaban J connectivity index is 1.74. The van der Waals surface area contributed by atoms with Gasteiger partial charge in [0, 0.05) is 23.6 Å². The van der Waals surface area contributed by atoms with Gasteiger partial charge in [0.25, 0.3) is 11.1 Å². The molecule has 2 heterocycles. The molecule has 3 aromatic rings. The zero-order valence-corrected chi connectivity index (χ0v) is 16.7. The molecule has 1 saturated heterocycles. The van der Waals surface area contributed by atoms with Gasteiger partial charge in [0.1, 0.15) is 0 Å². The molecule has 4 rings (SSSR count).